The number of carbonyl (C=O) groups is 5. The molecule has 21 heteroatoms. The number of benzene rings is 7. The molecule has 7 aromatic rings. The molecule has 0 spiro atoms. The van der Waals surface area contributed by atoms with Crippen LogP contribution in [0.25, 0.3) is 10.4 Å². The van der Waals surface area contributed by atoms with E-state index in [9.17, 15) is 39.4 Å². The van der Waals surface area contributed by atoms with E-state index < -0.39 is 111 Å². The molecule has 7 aromatic carbocycles. The van der Waals surface area contributed by atoms with E-state index in [-0.39, 0.29) is 60.4 Å². The van der Waals surface area contributed by atoms with Crippen LogP contribution in [-0.2, 0) is 44.5 Å². The maximum Gasteiger partial charge on any atom is 0.338 e. The van der Waals surface area contributed by atoms with Crippen molar-refractivity contribution in [2.45, 2.75) is 99.7 Å². The molecule has 10 atom stereocenters. The van der Waals surface area contributed by atoms with E-state index in [1.165, 1.54) is 43.5 Å². The first-order chi connectivity index (χ1) is 42.7. The highest BCUT2D eigenvalue weighted by molar-refractivity contribution is 6.98. The van der Waals surface area contributed by atoms with Crippen molar-refractivity contribution in [1.82, 2.24) is 4.90 Å². The topological polar surface area (TPSA) is 261 Å². The van der Waals surface area contributed by atoms with Crippen molar-refractivity contribution in [1.29, 1.82) is 0 Å². The zero-order valence-corrected chi connectivity index (χ0v) is 49.5. The molecule has 0 radical (unpaired) electrons. The van der Waals surface area contributed by atoms with E-state index in [2.05, 4.69) is 10.0 Å². The molecular formula is C67H66N4O16Si. The number of hydrogen-bond donors (Lipinski definition) is 2. The van der Waals surface area contributed by atoms with E-state index in [1.54, 1.807) is 103 Å². The highest BCUT2D eigenvalue weighted by atomic mass is 28.4. The Kier molecular flexibility index (Phi) is 20.0. The Balaban J connectivity index is 1.11. The molecule has 20 nitrogen and oxygen atoms in total. The van der Waals surface area contributed by atoms with Crippen LogP contribution >= 0.6 is 0 Å². The van der Waals surface area contributed by atoms with Crippen molar-refractivity contribution in [2.24, 2.45) is 5.11 Å². The van der Waals surface area contributed by atoms with Crippen LogP contribution in [0, 0.1) is 0 Å². The minimum atomic E-state index is -3.77. The largest absolute Gasteiger partial charge is 0.497 e. The number of azide groups is 1. The minimum absolute atomic E-state index is 0.0250. The summed E-state index contributed by atoms with van der Waals surface area (Å²) in [5.41, 5.74) is 10.4. The monoisotopic (exact) mass is 1210 g/mol. The fourth-order valence-corrected chi connectivity index (χ4v) is 15.2. The predicted molar refractivity (Wildman–Crippen MR) is 322 cm³/mol. The minimum Gasteiger partial charge on any atom is -0.497 e. The van der Waals surface area contributed by atoms with Gasteiger partial charge in [-0.3, -0.25) is 14.5 Å². The lowest BCUT2D eigenvalue weighted by molar-refractivity contribution is -0.351. The Morgan fingerprint density at radius 3 is 1.62 bits per heavy atom. The SMILES string of the molecule is COc1ccc(COC2C(OC(=O)c3ccccc3)C(COC(=O)c3ccccc3)OC(OC3C(CCC(C)(C)[Si](O)(c4ccccc4)c4ccccc4)OC(OCCN=[N+]=[N-])C(N4C(=O)c5ccccc5C4=O)C3O)C2OC(=O)c2ccccc2)cc1. The summed E-state index contributed by atoms with van der Waals surface area (Å²) < 4.78 is 58.4. The van der Waals surface area contributed by atoms with Crippen LogP contribution < -0.4 is 15.1 Å². The highest BCUT2D eigenvalue weighted by Gasteiger charge is 2.59. The number of esters is 3. The Hall–Kier alpha value is -8.86. The summed E-state index contributed by atoms with van der Waals surface area (Å²) in [5.74, 6) is -3.53. The van der Waals surface area contributed by atoms with Gasteiger partial charge in [-0.25, -0.2) is 14.4 Å². The number of fused-ring (bicyclic) bond motifs is 1. The van der Waals surface area contributed by atoms with Gasteiger partial charge in [0.1, 0.15) is 42.8 Å². The number of amides is 2. The highest BCUT2D eigenvalue weighted by Crippen LogP contribution is 2.44. The van der Waals surface area contributed by atoms with E-state index in [0.29, 0.717) is 11.3 Å². The van der Waals surface area contributed by atoms with Gasteiger partial charge < -0.3 is 52.5 Å². The summed E-state index contributed by atoms with van der Waals surface area (Å²) in [4.78, 5) is 89.4. The van der Waals surface area contributed by atoms with E-state index in [1.807, 2.05) is 74.5 Å². The summed E-state index contributed by atoms with van der Waals surface area (Å²) in [7, 11) is -2.24. The fourth-order valence-electron chi connectivity index (χ4n) is 11.4. The third-order valence-electron chi connectivity index (χ3n) is 16.1. The fraction of sp³-hybridized carbons (Fsp3) is 0.299. The van der Waals surface area contributed by atoms with Gasteiger partial charge in [0.2, 0.25) is 0 Å². The number of ether oxygens (including phenoxy) is 9. The normalized spacial score (nSPS) is 22.6. The van der Waals surface area contributed by atoms with Gasteiger partial charge in [-0.1, -0.05) is 158 Å². The molecule has 0 aromatic heterocycles. The zero-order valence-electron chi connectivity index (χ0n) is 48.5. The van der Waals surface area contributed by atoms with Crippen molar-refractivity contribution in [3.05, 3.63) is 244 Å². The van der Waals surface area contributed by atoms with Crippen molar-refractivity contribution in [2.75, 3.05) is 26.9 Å². The molecule has 88 heavy (non-hydrogen) atoms. The average molecular weight is 1210 g/mol. The van der Waals surface area contributed by atoms with Crippen LogP contribution in [0.3, 0.4) is 0 Å². The third-order valence-corrected chi connectivity index (χ3v) is 20.6. The van der Waals surface area contributed by atoms with Crippen molar-refractivity contribution >= 4 is 48.4 Å². The summed E-state index contributed by atoms with van der Waals surface area (Å²) in [6.07, 6.45) is -14.6. The molecule has 2 N–H and O–H groups in total. The summed E-state index contributed by atoms with van der Waals surface area (Å²) in [5, 5.41) is 17.5. The molecule has 3 aliphatic rings. The van der Waals surface area contributed by atoms with Crippen molar-refractivity contribution < 1.29 is 76.5 Å². The summed E-state index contributed by atoms with van der Waals surface area (Å²) in [6, 6.07) is 54.3. The van der Waals surface area contributed by atoms with Gasteiger partial charge >= 0.3 is 17.9 Å². The van der Waals surface area contributed by atoms with Gasteiger partial charge in [0.05, 0.1) is 54.2 Å². The molecule has 0 aliphatic carbocycles. The molecule has 3 aliphatic heterocycles. The van der Waals surface area contributed by atoms with Gasteiger partial charge in [-0.15, -0.1) is 0 Å². The second-order valence-electron chi connectivity index (χ2n) is 21.9. The van der Waals surface area contributed by atoms with E-state index >= 15 is 0 Å². The number of imide groups is 1. The quantitative estimate of drug-likeness (QED) is 0.00841. The van der Waals surface area contributed by atoms with Gasteiger partial charge in [-0.05, 0) is 100 Å². The van der Waals surface area contributed by atoms with Gasteiger partial charge in [-0.2, -0.15) is 0 Å². The lowest BCUT2D eigenvalue weighted by atomic mass is 9.90. The zero-order chi connectivity index (χ0) is 61.8. The first kappa shape index (κ1) is 62.2. The predicted octanol–water partition coefficient (Wildman–Crippen LogP) is 8.39. The molecule has 2 fully saturated rings. The third kappa shape index (κ3) is 13.6. The molecule has 2 amide bonds. The molecule has 454 valence electrons. The van der Waals surface area contributed by atoms with E-state index in [0.717, 1.165) is 15.3 Å². The Labute approximate surface area is 509 Å². The molecular weight excluding hydrogens is 1140 g/mol. The van der Waals surface area contributed by atoms with Crippen LogP contribution in [0.1, 0.15) is 84.0 Å². The first-order valence-electron chi connectivity index (χ1n) is 28.8. The molecule has 10 unspecified atom stereocenters. The average Bonchev–Trinajstić information content (AvgIpc) is 2.00. The lowest BCUT2D eigenvalue weighted by Gasteiger charge is -2.50. The van der Waals surface area contributed by atoms with Crippen molar-refractivity contribution in [3.63, 3.8) is 0 Å². The Morgan fingerprint density at radius 1 is 0.614 bits per heavy atom. The van der Waals surface area contributed by atoms with Crippen LogP contribution in [0.4, 0.5) is 0 Å². The van der Waals surface area contributed by atoms with E-state index in [4.69, 9.17) is 42.6 Å². The maximum absolute atomic E-state index is 14.7. The summed E-state index contributed by atoms with van der Waals surface area (Å²) in [6.45, 7) is 2.55. The maximum atomic E-state index is 14.7. The Morgan fingerprint density at radius 2 is 1.10 bits per heavy atom. The van der Waals surface area contributed by atoms with Crippen LogP contribution in [0.5, 0.6) is 5.75 Å². The molecule has 10 rings (SSSR count). The van der Waals surface area contributed by atoms with Gasteiger partial charge in [0.25, 0.3) is 20.1 Å². The first-order valence-corrected chi connectivity index (χ1v) is 30.7. The molecule has 3 heterocycles. The number of hydrogen-bond acceptors (Lipinski definition) is 17. The number of nitrogens with zero attached hydrogens (tertiary/aromatic N) is 4. The van der Waals surface area contributed by atoms with Crippen molar-refractivity contribution in [3.8, 4) is 5.75 Å². The van der Waals surface area contributed by atoms with Gasteiger partial charge in [0, 0.05) is 11.5 Å². The molecule has 0 saturated carbocycles. The number of carbonyl (C=O) groups excluding carboxylic acids is 5. The number of rotatable bonds is 24. The Bertz CT molecular complexity index is 3490. The van der Waals surface area contributed by atoms with Crippen LogP contribution in [-0.4, -0.2) is 141 Å². The van der Waals surface area contributed by atoms with Crippen LogP contribution in [0.2, 0.25) is 5.04 Å². The standard InChI is InChI=1S/C67H66N4O16Si/c1-67(2,88(78,48-27-15-7-16-28-48)49-29-17-8-18-30-49)38-37-52-56(55(72)54(65(83-52)80-40-39-69-70-68)71-60(73)50-31-19-20-32-51(50)61(71)74)87-66-59(86-64(77)46-25-13-6-14-26-46)58(81-41-43-33-35-47(79-3)36-34-43)57(85-63(76)45-23-11-5-12-24-45)53(84-66)42-82-62(75)44-21-9-4-10-22-44/h4-36,52-59,65-66,72,78H,37-42H2,1-3H3. The number of methoxy groups -OCH3 is 1. The lowest BCUT2D eigenvalue weighted by Crippen LogP contribution is -2.69. The molecule has 0 bridgehead atoms. The molecule has 2 saturated heterocycles. The van der Waals surface area contributed by atoms with Gasteiger partial charge in [0.15, 0.2) is 24.8 Å². The summed E-state index contributed by atoms with van der Waals surface area (Å²) >= 11 is 0. The number of aliphatic hydroxyl groups excluding tert-OH is 1. The second kappa shape index (κ2) is 28.3. The smallest absolute Gasteiger partial charge is 0.338 e. The van der Waals surface area contributed by atoms with Crippen LogP contribution in [0.15, 0.2) is 205 Å². The number of aliphatic hydroxyl groups is 1. The second-order valence-corrected chi connectivity index (χ2v) is 25.9.